The van der Waals surface area contributed by atoms with Crippen molar-refractivity contribution in [2.75, 3.05) is 0 Å². The van der Waals surface area contributed by atoms with Gasteiger partial charge in [-0.1, -0.05) is 0 Å². The van der Waals surface area contributed by atoms with Crippen molar-refractivity contribution in [1.82, 2.24) is 0 Å². The fraction of sp³-hybridized carbons (Fsp3) is 0.917. The zero-order valence-corrected chi connectivity index (χ0v) is 16.1. The normalized spacial score (nSPS) is 23.2. The average Bonchev–Trinajstić information content (AvgIpc) is 2.92. The van der Waals surface area contributed by atoms with Crippen LogP contribution in [0.15, 0.2) is 0 Å². The summed E-state index contributed by atoms with van der Waals surface area (Å²) >= 11 is 0. The number of ether oxygens (including phenoxy) is 4. The van der Waals surface area contributed by atoms with Gasteiger partial charge < -0.3 is 9.47 Å². The summed E-state index contributed by atoms with van der Waals surface area (Å²) in [6.07, 6.45) is -57.4. The smallest absolute Gasteiger partial charge is 0.394 e. The molecule has 26 heteroatoms. The van der Waals surface area contributed by atoms with Crippen LogP contribution in [0.3, 0.4) is 0 Å². The average molecular weight is 624 g/mol. The fourth-order valence-electron chi connectivity index (χ4n) is 2.04. The van der Waals surface area contributed by atoms with E-state index < -0.39 is 72.7 Å². The van der Waals surface area contributed by atoms with Crippen molar-refractivity contribution in [3.05, 3.63) is 0 Å². The molecule has 0 aromatic carbocycles. The fourth-order valence-corrected chi connectivity index (χ4v) is 2.04. The van der Waals surface area contributed by atoms with Crippen LogP contribution in [0.25, 0.3) is 0 Å². The minimum absolute atomic E-state index is 1.43. The van der Waals surface area contributed by atoms with E-state index in [9.17, 15) is 97.0 Å². The lowest BCUT2D eigenvalue weighted by atomic mass is 10.2. The lowest BCUT2D eigenvalue weighted by Gasteiger charge is -2.34. The third kappa shape index (κ3) is 5.33. The van der Waals surface area contributed by atoms with Crippen molar-refractivity contribution in [3.63, 3.8) is 0 Å². The Morgan fingerprint density at radius 3 is 1.34 bits per heavy atom. The first-order valence-electron chi connectivity index (χ1n) is 7.91. The molecule has 1 saturated heterocycles. The largest absolute Gasteiger partial charge is 0.462 e. The predicted octanol–water partition coefficient (Wildman–Crippen LogP) is 5.99. The third-order valence-electron chi connectivity index (χ3n) is 3.77. The van der Waals surface area contributed by atoms with Gasteiger partial charge in [-0.05, 0) is 0 Å². The number of halogens is 21. The van der Waals surface area contributed by atoms with E-state index in [0.29, 0.717) is 0 Å². The van der Waals surface area contributed by atoms with Gasteiger partial charge in [0.2, 0.25) is 0 Å². The molecule has 0 saturated carbocycles. The SMILES string of the molecule is O=C(OC(F)(F)C1OC(C(F)(F)F)(C(F)(F)F)OC1(F)F)C(F)(OC(F)(F)C(F)(F)C(F)(F)F)C(F)(F)F. The first kappa shape index (κ1) is 33.9. The Labute approximate surface area is 190 Å². The van der Waals surface area contributed by atoms with Gasteiger partial charge >= 0.3 is 66.6 Å². The number of hydrogen-bond acceptors (Lipinski definition) is 5. The molecule has 0 bridgehead atoms. The van der Waals surface area contributed by atoms with Crippen molar-refractivity contribution >= 4 is 5.97 Å². The molecule has 2 unspecified atom stereocenters. The summed E-state index contributed by atoms with van der Waals surface area (Å²) in [5.41, 5.74) is 0. The predicted molar refractivity (Wildman–Crippen MR) is 63.7 cm³/mol. The quantitative estimate of drug-likeness (QED) is 0.269. The van der Waals surface area contributed by atoms with Gasteiger partial charge in [-0.2, -0.15) is 92.2 Å². The molecule has 0 spiro atoms. The van der Waals surface area contributed by atoms with Crippen LogP contribution in [0.5, 0.6) is 0 Å². The number of esters is 1. The number of alkyl halides is 21. The maximum atomic E-state index is 13.9. The molecule has 1 fully saturated rings. The Morgan fingerprint density at radius 1 is 0.658 bits per heavy atom. The lowest BCUT2D eigenvalue weighted by Crippen LogP contribution is -2.63. The van der Waals surface area contributed by atoms with Gasteiger partial charge in [-0.3, -0.25) is 9.47 Å². The molecular formula is C12HF21O5. The van der Waals surface area contributed by atoms with Crippen LogP contribution in [-0.2, 0) is 23.7 Å². The first-order valence-corrected chi connectivity index (χ1v) is 7.91. The number of carbonyl (C=O) groups excluding carboxylic acids is 1. The van der Waals surface area contributed by atoms with Crippen LogP contribution in [0.2, 0.25) is 0 Å². The van der Waals surface area contributed by atoms with Crippen molar-refractivity contribution < 1.29 is 116 Å². The topological polar surface area (TPSA) is 54.0 Å². The zero-order chi connectivity index (χ0) is 31.0. The Kier molecular flexibility index (Phi) is 7.75. The Morgan fingerprint density at radius 2 is 1.05 bits per heavy atom. The molecular weight excluding hydrogens is 623 g/mol. The van der Waals surface area contributed by atoms with Crippen molar-refractivity contribution in [1.29, 1.82) is 0 Å². The van der Waals surface area contributed by atoms with Gasteiger partial charge in [-0.25, -0.2) is 4.79 Å². The summed E-state index contributed by atoms with van der Waals surface area (Å²) in [7, 11) is 0. The Hall–Kier alpha value is -2.12. The van der Waals surface area contributed by atoms with Gasteiger partial charge in [0.1, 0.15) is 0 Å². The summed E-state index contributed by atoms with van der Waals surface area (Å²) in [4.78, 5) is 11.1. The third-order valence-corrected chi connectivity index (χ3v) is 3.77. The van der Waals surface area contributed by atoms with Gasteiger partial charge in [0.25, 0.3) is 6.10 Å². The highest BCUT2D eigenvalue weighted by molar-refractivity contribution is 5.79. The van der Waals surface area contributed by atoms with Crippen molar-refractivity contribution in [3.8, 4) is 0 Å². The van der Waals surface area contributed by atoms with Crippen molar-refractivity contribution in [2.45, 2.75) is 66.7 Å². The summed E-state index contributed by atoms with van der Waals surface area (Å²) < 4.78 is 278. The highest BCUT2D eigenvalue weighted by Crippen LogP contribution is 2.58. The minimum Gasteiger partial charge on any atom is -0.394 e. The molecule has 0 amide bonds. The molecule has 0 aliphatic carbocycles. The van der Waals surface area contributed by atoms with Crippen LogP contribution in [0, 0.1) is 0 Å². The van der Waals surface area contributed by atoms with E-state index in [1.54, 1.807) is 0 Å². The number of rotatable bonds is 6. The molecule has 5 nitrogen and oxygen atoms in total. The second-order valence-corrected chi connectivity index (χ2v) is 6.51. The summed E-state index contributed by atoms with van der Waals surface area (Å²) in [5, 5.41) is 0. The standard InChI is InChI=1S/C12HF21O5/c13-3(8(20,21)22,37-12(32,33)6(18,19)9(23,24)25)2(34)36-4(14,15)1-5(16,17)38-7(35-1,10(26,27)28)11(29,30)31/h1H. The van der Waals surface area contributed by atoms with E-state index in [-0.39, 0.29) is 0 Å². The Bertz CT molecular complexity index is 882. The second kappa shape index (κ2) is 8.69. The summed E-state index contributed by atoms with van der Waals surface area (Å²) in [6.45, 7) is 0. The summed E-state index contributed by atoms with van der Waals surface area (Å²) in [6, 6.07) is 0. The zero-order valence-electron chi connectivity index (χ0n) is 16.1. The molecule has 38 heavy (non-hydrogen) atoms. The molecule has 226 valence electrons. The van der Waals surface area contributed by atoms with Crippen molar-refractivity contribution in [2.24, 2.45) is 0 Å². The molecule has 1 rings (SSSR count). The monoisotopic (exact) mass is 624 g/mol. The van der Waals surface area contributed by atoms with E-state index >= 15 is 0 Å². The lowest BCUT2D eigenvalue weighted by molar-refractivity contribution is -0.477. The maximum Gasteiger partial charge on any atom is 0.462 e. The van der Waals surface area contributed by atoms with E-state index in [1.165, 1.54) is 4.74 Å². The van der Waals surface area contributed by atoms with Crippen LogP contribution < -0.4 is 0 Å². The van der Waals surface area contributed by atoms with Crippen LogP contribution >= 0.6 is 0 Å². The van der Waals surface area contributed by atoms with Gasteiger partial charge in [0, 0.05) is 0 Å². The number of carbonyl (C=O) groups is 1. The highest BCUT2D eigenvalue weighted by atomic mass is 19.4. The minimum atomic E-state index is -7.88. The molecule has 0 aromatic rings. The maximum absolute atomic E-state index is 13.9. The molecule has 1 aliphatic rings. The molecule has 0 aromatic heterocycles. The molecule has 1 aliphatic heterocycles. The first-order chi connectivity index (χ1) is 16.1. The van der Waals surface area contributed by atoms with Gasteiger partial charge in [-0.15, -0.1) is 0 Å². The van der Waals surface area contributed by atoms with Crippen LogP contribution in [-0.4, -0.2) is 72.7 Å². The van der Waals surface area contributed by atoms with Gasteiger partial charge in [0.05, 0.1) is 0 Å². The highest BCUT2D eigenvalue weighted by Gasteiger charge is 2.87. The molecule has 1 heterocycles. The van der Waals surface area contributed by atoms with E-state index in [0.717, 1.165) is 0 Å². The van der Waals surface area contributed by atoms with E-state index in [2.05, 4.69) is 9.47 Å². The Balaban J connectivity index is 3.54. The number of hydrogen-bond donors (Lipinski definition) is 0. The second-order valence-electron chi connectivity index (χ2n) is 6.51. The summed E-state index contributed by atoms with van der Waals surface area (Å²) in [5.74, 6) is -27.3. The molecule has 0 N–H and O–H groups in total. The van der Waals surface area contributed by atoms with Crippen LogP contribution in [0.1, 0.15) is 0 Å². The van der Waals surface area contributed by atoms with Crippen LogP contribution in [0.4, 0.5) is 92.2 Å². The van der Waals surface area contributed by atoms with E-state index in [1.807, 2.05) is 4.74 Å². The van der Waals surface area contributed by atoms with Gasteiger partial charge in [0.15, 0.2) is 0 Å². The van der Waals surface area contributed by atoms with E-state index in [4.69, 9.17) is 0 Å². The molecule has 0 radical (unpaired) electrons. The molecule has 2 atom stereocenters.